The van der Waals surface area contributed by atoms with Crippen molar-refractivity contribution >= 4 is 0 Å². The van der Waals surface area contributed by atoms with Gasteiger partial charge in [0.25, 0.3) is 0 Å². The zero-order chi connectivity index (χ0) is 68.4. The van der Waals surface area contributed by atoms with Crippen molar-refractivity contribution in [3.05, 3.63) is 0 Å². The Kier molecular flexibility index (Phi) is 29.9. The van der Waals surface area contributed by atoms with E-state index in [1.54, 1.807) is 0 Å². The highest BCUT2D eigenvalue weighted by atomic mass is 16.6. The number of hydrogen-bond donors (Lipinski definition) is 1. The Morgan fingerprint density at radius 1 is 0.333 bits per heavy atom. The van der Waals surface area contributed by atoms with Crippen LogP contribution in [0.2, 0.25) is 0 Å². The molecule has 14 atom stereocenters. The predicted octanol–water partition coefficient (Wildman–Crippen LogP) is 6.85. The third kappa shape index (κ3) is 22.4. The van der Waals surface area contributed by atoms with Crippen LogP contribution in [-0.4, -0.2) is 377 Å². The average molecular weight is 1390 g/mol. The maximum atomic E-state index is 5.58. The maximum Gasteiger partial charge on any atom is 0.0976 e. The molecule has 22 fully saturated rings. The highest BCUT2D eigenvalue weighted by Gasteiger charge is 2.46. The fourth-order valence-electron chi connectivity index (χ4n) is 21.1. The molecular weight excluding hydrogens is 1240 g/mol. The molecule has 4 bridgehead atoms. The van der Waals surface area contributed by atoms with Crippen molar-refractivity contribution in [3.8, 4) is 0 Å². The average Bonchev–Trinajstić information content (AvgIpc) is 1.44. The summed E-state index contributed by atoms with van der Waals surface area (Å²) >= 11 is 0. The second-order valence-corrected chi connectivity index (χ2v) is 36.8. The zero-order valence-corrected chi connectivity index (χ0v) is 64.7. The van der Waals surface area contributed by atoms with Gasteiger partial charge in [-0.25, -0.2) is 0 Å². The fraction of sp³-hybridized carbons (Fsp3) is 1.00. The Balaban J connectivity index is 0.000000110. The van der Waals surface area contributed by atoms with Crippen LogP contribution in [-0.2, 0) is 33.2 Å². The van der Waals surface area contributed by atoms with E-state index in [0.717, 1.165) is 163 Å². The number of hydrogen-bond acceptors (Lipinski definition) is 19. The lowest BCUT2D eigenvalue weighted by atomic mass is 9.77. The molecule has 99 heavy (non-hydrogen) atoms. The van der Waals surface area contributed by atoms with Crippen molar-refractivity contribution in [1.29, 1.82) is 0 Å². The van der Waals surface area contributed by atoms with Crippen LogP contribution in [0, 0.1) is 70.0 Å². The van der Waals surface area contributed by atoms with Crippen molar-refractivity contribution in [2.45, 2.75) is 165 Å². The predicted molar refractivity (Wildman–Crippen MR) is 402 cm³/mol. The van der Waals surface area contributed by atoms with Gasteiger partial charge < -0.3 is 87.5 Å². The third-order valence-corrected chi connectivity index (χ3v) is 28.3. The van der Waals surface area contributed by atoms with Gasteiger partial charge in [-0.3, -0.25) is 4.90 Å². The number of likely N-dealkylation sites (N-methyl/N-ethyl adjacent to an activating group) is 2. The number of nitrogens with one attached hydrogen (secondary N) is 1. The normalized spacial score (nSPS) is 40.5. The Labute approximate surface area is 605 Å². The summed E-state index contributed by atoms with van der Waals surface area (Å²) in [4.78, 5) is 26.6. The number of ether oxygens (including phenoxy) is 7. The van der Waals surface area contributed by atoms with Crippen molar-refractivity contribution < 1.29 is 33.2 Å². The molecule has 19 heteroatoms. The third-order valence-electron chi connectivity index (χ3n) is 28.3. The van der Waals surface area contributed by atoms with Crippen molar-refractivity contribution in [1.82, 2.24) is 59.2 Å². The SMILES string of the molecule is C.CN1C2CCC1CC2.CN1CC2CC1CO2.CN1CC2CC2C1.CN1CC2CCC2C1.CN1CC2CCCCC2C1.CN1CC2CNCC2C1.CN1CC2COCC2C1.CN1CC2OCCOC2C1.CN1CCC2(CC1)COC2.CN1CCC2(CCO2)CC1.CN1CCC2(COC2)C1. The number of fused-ring (bicyclic) bond motifs is 10. The van der Waals surface area contributed by atoms with Crippen LogP contribution < -0.4 is 5.32 Å². The van der Waals surface area contributed by atoms with Gasteiger partial charge in [0.2, 0.25) is 0 Å². The van der Waals surface area contributed by atoms with Crippen LogP contribution in [0.25, 0.3) is 0 Å². The van der Waals surface area contributed by atoms with Gasteiger partial charge in [0.1, 0.15) is 0 Å². The van der Waals surface area contributed by atoms with E-state index in [2.05, 4.69) is 137 Å². The smallest absolute Gasteiger partial charge is 0.0976 e. The minimum absolute atomic E-state index is 0. The highest BCUT2D eigenvalue weighted by molar-refractivity contribution is 4.98. The number of nitrogens with zero attached hydrogens (tertiary/aromatic N) is 11. The van der Waals surface area contributed by atoms with Crippen LogP contribution in [0.4, 0.5) is 0 Å². The van der Waals surface area contributed by atoms with Gasteiger partial charge in [0.15, 0.2) is 0 Å². The standard InChI is InChI=1S/C9H17N.2C8H15NO.C7H14N2.C7H13NO2.2C7H13NO.2C7H13N.C6H11NO.C6H11N.CH4/c1-10-6-8-4-2-3-5-9(8)7-10;1-9-5-2-8(3-6-9)4-7-10-8;1-9-4-2-8(3-5-9)6-10-7-8;1-9-4-6-2-8-3-7(6)5-9;1-8-4-6-7(5-8)10-3-2-9-6;1-8-2-6-4-9-5-7(6)3-8;1-8-3-2-7(4-8)5-9-6-7;1-8-4-6-2-3-7(6)5-8;1-8-6-2-3-7(8)5-4-6;1-7-3-6-2-5(7)4-8-6;1-7-3-5-2-6(5)4-7;/h8-9H,2-7H2,1H3;2*2-7H2,1H3;6-8H,2-5H2,1H3;6-7H,2-5H2,1H3;6-7H,2-5H2,1H3;2-6H2,1H3;2*6-7H,2-5H2,1H3;5-6H,2-4H2,1H3;5-6H,2-4H2,1H3;1H4. The zero-order valence-electron chi connectivity index (χ0n) is 64.7. The van der Waals surface area contributed by atoms with E-state index in [-0.39, 0.29) is 7.43 Å². The van der Waals surface area contributed by atoms with Gasteiger partial charge in [0, 0.05) is 146 Å². The topological polar surface area (TPSA) is 112 Å². The first-order valence-electron chi connectivity index (χ1n) is 40.8. The van der Waals surface area contributed by atoms with E-state index in [9.17, 15) is 0 Å². The summed E-state index contributed by atoms with van der Waals surface area (Å²) in [5.74, 6) is 10.2. The number of morpholine rings is 1. The minimum atomic E-state index is 0. The summed E-state index contributed by atoms with van der Waals surface area (Å²) in [5.41, 5.74) is 1.55. The van der Waals surface area contributed by atoms with Gasteiger partial charge in [-0.15, -0.1) is 0 Å². The van der Waals surface area contributed by atoms with Gasteiger partial charge in [-0.05, 0) is 260 Å². The molecule has 574 valence electrons. The van der Waals surface area contributed by atoms with E-state index in [1.165, 1.54) is 233 Å². The molecule has 3 spiro atoms. The van der Waals surface area contributed by atoms with Crippen LogP contribution >= 0.6 is 0 Å². The molecule has 0 amide bonds. The number of rotatable bonds is 0. The summed E-state index contributed by atoms with van der Waals surface area (Å²) in [6, 6.07) is 2.69. The molecule has 19 saturated heterocycles. The lowest BCUT2D eigenvalue weighted by Gasteiger charge is -2.46. The minimum Gasteiger partial charge on any atom is -0.381 e. The summed E-state index contributed by atoms with van der Waals surface area (Å²) < 4.78 is 37.7. The number of likely N-dealkylation sites (tertiary alicyclic amines) is 10. The molecule has 14 unspecified atom stereocenters. The summed E-state index contributed by atoms with van der Waals surface area (Å²) in [6.45, 7) is 36.3. The second kappa shape index (κ2) is 37.4. The lowest BCUT2D eigenvalue weighted by molar-refractivity contribution is -0.171. The number of piperidine rings is 3. The quantitative estimate of drug-likeness (QED) is 0.273. The molecule has 0 aromatic rings. The van der Waals surface area contributed by atoms with Gasteiger partial charge in [0.05, 0.1) is 90.0 Å². The molecule has 3 aliphatic carbocycles. The van der Waals surface area contributed by atoms with Crippen molar-refractivity contribution in [3.63, 3.8) is 0 Å². The van der Waals surface area contributed by atoms with E-state index < -0.39 is 0 Å². The van der Waals surface area contributed by atoms with Crippen LogP contribution in [0.15, 0.2) is 0 Å². The molecular formula is C80H152N12O7. The Hall–Kier alpha value is -0.760. The molecule has 0 radical (unpaired) electrons. The molecule has 1 N–H and O–H groups in total. The molecule has 3 saturated carbocycles. The fourth-order valence-corrected chi connectivity index (χ4v) is 21.1. The van der Waals surface area contributed by atoms with E-state index in [0.29, 0.717) is 34.7 Å². The van der Waals surface area contributed by atoms with E-state index in [4.69, 9.17) is 33.2 Å². The van der Waals surface area contributed by atoms with Crippen LogP contribution in [0.5, 0.6) is 0 Å². The lowest BCUT2D eigenvalue weighted by Crippen LogP contribution is -2.51. The molecule has 19 nitrogen and oxygen atoms in total. The monoisotopic (exact) mass is 1390 g/mol. The summed E-state index contributed by atoms with van der Waals surface area (Å²) in [7, 11) is 24.2. The molecule has 22 rings (SSSR count). The van der Waals surface area contributed by atoms with Crippen LogP contribution in [0.1, 0.15) is 123 Å². The first-order chi connectivity index (χ1) is 47.3. The van der Waals surface area contributed by atoms with Crippen molar-refractivity contribution in [2.75, 3.05) is 281 Å². The second-order valence-electron chi connectivity index (χ2n) is 36.8. The molecule has 19 aliphatic heterocycles. The van der Waals surface area contributed by atoms with E-state index >= 15 is 0 Å². The molecule has 19 heterocycles. The van der Waals surface area contributed by atoms with E-state index in [1.807, 2.05) is 0 Å². The Bertz CT molecular complexity index is 2140. The summed E-state index contributed by atoms with van der Waals surface area (Å²) in [5, 5.41) is 3.42. The highest BCUT2D eigenvalue weighted by Crippen LogP contribution is 2.45. The molecule has 0 aromatic carbocycles. The van der Waals surface area contributed by atoms with Gasteiger partial charge >= 0.3 is 0 Å². The maximum absolute atomic E-state index is 5.58. The molecule has 0 aromatic heterocycles. The largest absolute Gasteiger partial charge is 0.381 e. The van der Waals surface area contributed by atoms with Gasteiger partial charge in [-0.2, -0.15) is 0 Å². The molecule has 22 aliphatic rings. The van der Waals surface area contributed by atoms with Gasteiger partial charge in [-0.1, -0.05) is 20.3 Å². The summed E-state index contributed by atoms with van der Waals surface area (Å²) in [6.07, 6.45) is 26.9. The Morgan fingerprint density at radius 3 is 1.07 bits per heavy atom. The van der Waals surface area contributed by atoms with Crippen LogP contribution in [0.3, 0.4) is 0 Å². The van der Waals surface area contributed by atoms with Crippen molar-refractivity contribution in [2.24, 2.45) is 70.0 Å². The Morgan fingerprint density at radius 2 is 0.747 bits per heavy atom. The first-order valence-corrected chi connectivity index (χ1v) is 40.8. The first kappa shape index (κ1) is 79.3.